The van der Waals surface area contributed by atoms with Crippen LogP contribution >= 0.6 is 0 Å². The van der Waals surface area contributed by atoms with Gasteiger partial charge in [-0.1, -0.05) is 72.8 Å². The predicted molar refractivity (Wildman–Crippen MR) is 111 cm³/mol. The Morgan fingerprint density at radius 3 is 2.45 bits per heavy atom. The quantitative estimate of drug-likeness (QED) is 0.607. The zero-order valence-electron chi connectivity index (χ0n) is 15.6. The molecule has 0 fully saturated rings. The number of hydrogen-bond donors (Lipinski definition) is 0. The highest BCUT2D eigenvalue weighted by molar-refractivity contribution is 7.90. The second-order valence-corrected chi connectivity index (χ2v) is 9.55. The highest BCUT2D eigenvalue weighted by atomic mass is 32.2. The molecule has 3 aromatic rings. The van der Waals surface area contributed by atoms with Gasteiger partial charge in [-0.15, -0.1) is 0 Å². The fourth-order valence-corrected chi connectivity index (χ4v) is 6.70. The first-order valence-electron chi connectivity index (χ1n) is 9.80. The fourth-order valence-electron chi connectivity index (χ4n) is 4.89. The summed E-state index contributed by atoms with van der Waals surface area (Å²) in [5.41, 5.74) is 3.80. The first-order chi connectivity index (χ1) is 14.1. The van der Waals surface area contributed by atoms with Crippen molar-refractivity contribution in [1.82, 2.24) is 4.31 Å². The molecule has 144 valence electrons. The van der Waals surface area contributed by atoms with E-state index < -0.39 is 16.3 Å². The molecule has 3 aromatic carbocycles. The van der Waals surface area contributed by atoms with E-state index in [9.17, 15) is 8.42 Å². The summed E-state index contributed by atoms with van der Waals surface area (Å²) in [7, 11) is -3.64. The third kappa shape index (κ3) is 2.34. The van der Waals surface area contributed by atoms with Crippen molar-refractivity contribution in [2.45, 2.75) is 23.5 Å². The Labute approximate surface area is 170 Å². The minimum atomic E-state index is -3.64. The SMILES string of the molecule is O=S1(=O)c2ccccc2C2=C[C@H](c3ccccc3)[C@H]3Cc4ccccc4O[C@H]3N21. The Kier molecular flexibility index (Phi) is 3.47. The highest BCUT2D eigenvalue weighted by Crippen LogP contribution is 2.52. The first kappa shape index (κ1) is 16.9. The lowest BCUT2D eigenvalue weighted by atomic mass is 9.76. The molecule has 0 saturated heterocycles. The molecule has 0 radical (unpaired) electrons. The molecule has 0 unspecified atom stereocenters. The summed E-state index contributed by atoms with van der Waals surface area (Å²) in [4.78, 5) is 0.362. The maximum atomic E-state index is 13.4. The number of hydrogen-bond acceptors (Lipinski definition) is 3. The van der Waals surface area contributed by atoms with Crippen molar-refractivity contribution in [1.29, 1.82) is 0 Å². The van der Waals surface area contributed by atoms with E-state index >= 15 is 0 Å². The molecule has 3 atom stereocenters. The zero-order chi connectivity index (χ0) is 19.6. The van der Waals surface area contributed by atoms with Gasteiger partial charge in [-0.3, -0.25) is 0 Å². The van der Waals surface area contributed by atoms with Gasteiger partial charge in [-0.25, -0.2) is 12.7 Å². The number of nitrogens with zero attached hydrogens (tertiary/aromatic N) is 1. The van der Waals surface area contributed by atoms with Crippen molar-refractivity contribution in [3.8, 4) is 5.75 Å². The Hall–Kier alpha value is -3.05. The van der Waals surface area contributed by atoms with Crippen molar-refractivity contribution < 1.29 is 13.2 Å². The number of ether oxygens (including phenoxy) is 1. The number of para-hydroxylation sites is 1. The number of rotatable bonds is 1. The van der Waals surface area contributed by atoms with E-state index in [1.54, 1.807) is 12.1 Å². The van der Waals surface area contributed by atoms with Crippen LogP contribution in [0.1, 0.15) is 22.6 Å². The predicted octanol–water partition coefficient (Wildman–Crippen LogP) is 4.41. The molecule has 3 aliphatic heterocycles. The van der Waals surface area contributed by atoms with Gasteiger partial charge < -0.3 is 4.74 Å². The largest absolute Gasteiger partial charge is 0.469 e. The molecule has 0 saturated carbocycles. The molecule has 0 aliphatic carbocycles. The number of fused-ring (bicyclic) bond motifs is 6. The highest BCUT2D eigenvalue weighted by Gasteiger charge is 2.52. The standard InChI is InChI=1S/C24H19NO3S/c26-29(27)23-13-7-5-11-18(23)21-15-19(16-8-2-1-3-9-16)20-14-17-10-4-6-12-22(17)28-24(20)25(21)29/h1-13,15,19-20,24H,14H2/t19-,20-,24-/m1/s1. The normalized spacial score (nSPS) is 25.7. The third-order valence-electron chi connectivity index (χ3n) is 6.19. The molecule has 0 bridgehead atoms. The van der Waals surface area contributed by atoms with Crippen LogP contribution < -0.4 is 4.74 Å². The van der Waals surface area contributed by atoms with Gasteiger partial charge in [0.2, 0.25) is 0 Å². The Bertz CT molecular complexity index is 1250. The maximum absolute atomic E-state index is 13.4. The molecule has 0 aromatic heterocycles. The molecule has 6 rings (SSSR count). The average molecular weight is 401 g/mol. The van der Waals surface area contributed by atoms with E-state index in [-0.39, 0.29) is 11.8 Å². The lowest BCUT2D eigenvalue weighted by molar-refractivity contribution is 0.0334. The van der Waals surface area contributed by atoms with E-state index in [2.05, 4.69) is 24.3 Å². The van der Waals surface area contributed by atoms with Gasteiger partial charge in [0.05, 0.1) is 10.6 Å². The first-order valence-corrected chi connectivity index (χ1v) is 11.2. The molecular weight excluding hydrogens is 382 g/mol. The van der Waals surface area contributed by atoms with E-state index in [0.29, 0.717) is 4.90 Å². The summed E-state index contributed by atoms with van der Waals surface area (Å²) < 4.78 is 34.8. The topological polar surface area (TPSA) is 46.6 Å². The van der Waals surface area contributed by atoms with Crippen LogP contribution in [0.5, 0.6) is 5.75 Å². The van der Waals surface area contributed by atoms with Gasteiger partial charge in [-0.2, -0.15) is 0 Å². The summed E-state index contributed by atoms with van der Waals surface area (Å²) >= 11 is 0. The van der Waals surface area contributed by atoms with Gasteiger partial charge >= 0.3 is 0 Å². The summed E-state index contributed by atoms with van der Waals surface area (Å²) in [6.45, 7) is 0. The van der Waals surface area contributed by atoms with Crippen LogP contribution in [0, 0.1) is 5.92 Å². The summed E-state index contributed by atoms with van der Waals surface area (Å²) in [5, 5.41) is 0. The molecule has 0 spiro atoms. The second kappa shape index (κ2) is 5.97. The molecule has 3 aliphatic rings. The van der Waals surface area contributed by atoms with E-state index in [0.717, 1.165) is 29.0 Å². The Balaban J connectivity index is 1.59. The number of allylic oxidation sites excluding steroid dienone is 1. The lowest BCUT2D eigenvalue weighted by Gasteiger charge is -2.45. The van der Waals surface area contributed by atoms with Crippen LogP contribution in [0.2, 0.25) is 0 Å². The van der Waals surface area contributed by atoms with E-state index in [1.807, 2.05) is 48.5 Å². The van der Waals surface area contributed by atoms with Gasteiger partial charge in [0, 0.05) is 17.4 Å². The van der Waals surface area contributed by atoms with Gasteiger partial charge in [0.25, 0.3) is 10.0 Å². The van der Waals surface area contributed by atoms with E-state index in [4.69, 9.17) is 4.74 Å². The minimum absolute atomic E-state index is 0.000127. The van der Waals surface area contributed by atoms with Crippen LogP contribution in [-0.4, -0.2) is 19.0 Å². The van der Waals surface area contributed by atoms with E-state index in [1.165, 1.54) is 9.87 Å². The molecule has 5 heteroatoms. The summed E-state index contributed by atoms with van der Waals surface area (Å²) in [5.74, 6) is 0.843. The van der Waals surface area contributed by atoms with Gasteiger partial charge in [0.15, 0.2) is 6.23 Å². The molecule has 0 N–H and O–H groups in total. The van der Waals surface area contributed by atoms with Gasteiger partial charge in [-0.05, 0) is 29.7 Å². The van der Waals surface area contributed by atoms with Crippen LogP contribution in [0.25, 0.3) is 5.70 Å². The zero-order valence-corrected chi connectivity index (χ0v) is 16.4. The van der Waals surface area contributed by atoms with Crippen LogP contribution in [0.15, 0.2) is 89.8 Å². The van der Waals surface area contributed by atoms with Crippen molar-refractivity contribution >= 4 is 15.7 Å². The molecule has 4 nitrogen and oxygen atoms in total. The number of sulfonamides is 1. The Morgan fingerprint density at radius 1 is 0.862 bits per heavy atom. The summed E-state index contributed by atoms with van der Waals surface area (Å²) in [6.07, 6.45) is 2.33. The summed E-state index contributed by atoms with van der Waals surface area (Å²) in [6, 6.07) is 25.5. The lowest BCUT2D eigenvalue weighted by Crippen LogP contribution is -2.51. The van der Waals surface area contributed by atoms with Crippen LogP contribution in [-0.2, 0) is 16.4 Å². The van der Waals surface area contributed by atoms with Crippen molar-refractivity contribution in [2.75, 3.05) is 0 Å². The fraction of sp³-hybridized carbons (Fsp3) is 0.167. The van der Waals surface area contributed by atoms with Crippen LogP contribution in [0.3, 0.4) is 0 Å². The second-order valence-electron chi connectivity index (χ2n) is 7.77. The third-order valence-corrected chi connectivity index (χ3v) is 8.03. The van der Waals surface area contributed by atoms with Crippen LogP contribution in [0.4, 0.5) is 0 Å². The average Bonchev–Trinajstić information content (AvgIpc) is 3.00. The monoisotopic (exact) mass is 401 g/mol. The molecular formula is C24H19NO3S. The molecule has 3 heterocycles. The Morgan fingerprint density at radius 2 is 1.59 bits per heavy atom. The van der Waals surface area contributed by atoms with Crippen molar-refractivity contribution in [3.63, 3.8) is 0 Å². The molecule has 29 heavy (non-hydrogen) atoms. The molecule has 0 amide bonds. The smallest absolute Gasteiger partial charge is 0.268 e. The van der Waals surface area contributed by atoms with Crippen molar-refractivity contribution in [3.05, 3.63) is 102 Å². The maximum Gasteiger partial charge on any atom is 0.268 e. The van der Waals surface area contributed by atoms with Gasteiger partial charge in [0.1, 0.15) is 5.75 Å². The van der Waals surface area contributed by atoms with Crippen molar-refractivity contribution in [2.24, 2.45) is 5.92 Å². The minimum Gasteiger partial charge on any atom is -0.469 e. The number of benzene rings is 3.